The van der Waals surface area contributed by atoms with Crippen LogP contribution in [0, 0.1) is 0 Å². The first-order valence-electron chi connectivity index (χ1n) is 3.60. The number of carbonyl (C=O) groups excluding carboxylic acids is 1. The summed E-state index contributed by atoms with van der Waals surface area (Å²) in [5, 5.41) is 0. The van der Waals surface area contributed by atoms with Crippen molar-refractivity contribution in [3.05, 3.63) is 12.7 Å². The molecule has 0 amide bonds. The largest absolute Gasteiger partial charge is 0.522 e. The van der Waals surface area contributed by atoms with Gasteiger partial charge in [-0.05, 0) is 6.04 Å². The maximum atomic E-state index is 10.5. The zero-order chi connectivity index (χ0) is 7.82. The number of rotatable bonds is 5. The van der Waals surface area contributed by atoms with Gasteiger partial charge in [0.2, 0.25) is 9.76 Å². The molecule has 0 heterocycles. The number of hydrogen-bond donors (Lipinski definition) is 0. The number of carbonyl (C=O) groups is 1. The molecule has 0 radical (unpaired) electrons. The van der Waals surface area contributed by atoms with Crippen molar-refractivity contribution in [2.24, 2.45) is 0 Å². The Morgan fingerprint density at radius 1 is 1.80 bits per heavy atom. The second-order valence-electron chi connectivity index (χ2n) is 2.08. The van der Waals surface area contributed by atoms with Crippen molar-refractivity contribution in [3.63, 3.8) is 0 Å². The molecule has 0 fully saturated rings. The van der Waals surface area contributed by atoms with Crippen molar-refractivity contribution in [1.29, 1.82) is 0 Å². The summed E-state index contributed by atoms with van der Waals surface area (Å²) in [6.07, 6.45) is 3.58. The minimum atomic E-state index is -0.579. The van der Waals surface area contributed by atoms with Gasteiger partial charge >= 0.3 is 5.97 Å². The predicted molar refractivity (Wildman–Crippen MR) is 44.5 cm³/mol. The fraction of sp³-hybridized carbons (Fsp3) is 0.571. The lowest BCUT2D eigenvalue weighted by Gasteiger charge is -1.98. The Kier molecular flexibility index (Phi) is 6.17. The summed E-state index contributed by atoms with van der Waals surface area (Å²) in [6, 6.07) is 1.09. The first-order chi connectivity index (χ1) is 4.81. The Labute approximate surface area is 64.2 Å². The van der Waals surface area contributed by atoms with Gasteiger partial charge < -0.3 is 4.43 Å². The van der Waals surface area contributed by atoms with Crippen molar-refractivity contribution in [2.75, 3.05) is 0 Å². The van der Waals surface area contributed by atoms with Crippen molar-refractivity contribution < 1.29 is 9.22 Å². The Balaban J connectivity index is 3.03. The number of unbranched alkanes of at least 4 members (excludes halogenated alkanes) is 1. The van der Waals surface area contributed by atoms with Gasteiger partial charge in [0.1, 0.15) is 0 Å². The van der Waals surface area contributed by atoms with Gasteiger partial charge in [0.05, 0.1) is 0 Å². The average Bonchev–Trinajstić information content (AvgIpc) is 1.98. The van der Waals surface area contributed by atoms with Crippen molar-refractivity contribution in [2.45, 2.75) is 25.8 Å². The quantitative estimate of drug-likeness (QED) is 0.339. The van der Waals surface area contributed by atoms with E-state index >= 15 is 0 Å². The molecule has 0 aromatic rings. The van der Waals surface area contributed by atoms with Gasteiger partial charge in [0.15, 0.2) is 0 Å². The summed E-state index contributed by atoms with van der Waals surface area (Å²) in [4.78, 5) is 10.5. The molecule has 0 bridgehead atoms. The highest BCUT2D eigenvalue weighted by molar-refractivity contribution is 6.30. The van der Waals surface area contributed by atoms with E-state index < -0.39 is 9.76 Å². The monoisotopic (exact) mass is 158 g/mol. The minimum Gasteiger partial charge on any atom is -0.522 e. The third-order valence-corrected chi connectivity index (χ3v) is 2.44. The molecule has 0 aromatic carbocycles. The minimum absolute atomic E-state index is 0.261. The van der Waals surface area contributed by atoms with Gasteiger partial charge in [-0.15, -0.1) is 0 Å². The molecule has 0 spiro atoms. The van der Waals surface area contributed by atoms with E-state index in [-0.39, 0.29) is 5.97 Å². The van der Waals surface area contributed by atoms with Gasteiger partial charge in [-0.25, -0.2) is 4.79 Å². The SMILES string of the molecule is C=CC(=O)O[SiH2]CCCC. The fourth-order valence-electron chi connectivity index (χ4n) is 0.584. The van der Waals surface area contributed by atoms with Gasteiger partial charge in [-0.1, -0.05) is 26.3 Å². The van der Waals surface area contributed by atoms with E-state index in [1.807, 2.05) is 0 Å². The molecule has 0 aliphatic rings. The molecule has 0 saturated heterocycles. The first kappa shape index (κ1) is 9.43. The first-order valence-corrected chi connectivity index (χ1v) is 5.18. The summed E-state index contributed by atoms with van der Waals surface area (Å²) in [7, 11) is -0.579. The van der Waals surface area contributed by atoms with Crippen molar-refractivity contribution >= 4 is 15.7 Å². The highest BCUT2D eigenvalue weighted by Gasteiger charge is 1.93. The van der Waals surface area contributed by atoms with Crippen LogP contribution >= 0.6 is 0 Å². The molecule has 0 unspecified atom stereocenters. The topological polar surface area (TPSA) is 26.3 Å². The van der Waals surface area contributed by atoms with Crippen LogP contribution in [0.4, 0.5) is 0 Å². The van der Waals surface area contributed by atoms with Gasteiger partial charge in [0, 0.05) is 6.08 Å². The molecule has 0 aromatic heterocycles. The number of hydrogen-bond acceptors (Lipinski definition) is 2. The third-order valence-electron chi connectivity index (χ3n) is 1.16. The molecule has 0 rings (SSSR count). The van der Waals surface area contributed by atoms with E-state index in [0.29, 0.717) is 0 Å². The maximum Gasteiger partial charge on any atom is 0.316 e. The van der Waals surface area contributed by atoms with Crippen LogP contribution in [0.3, 0.4) is 0 Å². The molecule has 0 atom stereocenters. The highest BCUT2D eigenvalue weighted by atomic mass is 28.2. The van der Waals surface area contributed by atoms with Crippen molar-refractivity contribution in [1.82, 2.24) is 0 Å². The molecule has 2 nitrogen and oxygen atoms in total. The summed E-state index contributed by atoms with van der Waals surface area (Å²) in [6.45, 7) is 5.44. The Morgan fingerprint density at radius 2 is 2.50 bits per heavy atom. The maximum absolute atomic E-state index is 10.5. The molecule has 10 heavy (non-hydrogen) atoms. The summed E-state index contributed by atoms with van der Waals surface area (Å²) in [5.74, 6) is -0.261. The third kappa shape index (κ3) is 5.56. The highest BCUT2D eigenvalue weighted by Crippen LogP contribution is 1.93. The second-order valence-corrected chi connectivity index (χ2v) is 3.48. The molecule has 0 aliphatic heterocycles. The molecule has 3 heteroatoms. The van der Waals surface area contributed by atoms with E-state index in [1.165, 1.54) is 18.9 Å². The molecule has 0 aliphatic carbocycles. The lowest BCUT2D eigenvalue weighted by Crippen LogP contribution is -2.04. The lowest BCUT2D eigenvalue weighted by molar-refractivity contribution is -0.128. The standard InChI is InChI=1S/C7H14O2Si/c1-3-5-6-10-9-7(8)4-2/h4H,2-3,5-6,10H2,1H3. The fourth-order valence-corrected chi connectivity index (χ4v) is 1.75. The summed E-state index contributed by atoms with van der Waals surface area (Å²) in [5.41, 5.74) is 0. The van der Waals surface area contributed by atoms with Crippen LogP contribution in [-0.2, 0) is 9.22 Å². The van der Waals surface area contributed by atoms with E-state index in [9.17, 15) is 4.79 Å². The zero-order valence-corrected chi connectivity index (χ0v) is 7.84. The Bertz CT molecular complexity index is 112. The average molecular weight is 158 g/mol. The molecule has 58 valence electrons. The Hall–Kier alpha value is -0.573. The van der Waals surface area contributed by atoms with Gasteiger partial charge in [-0.2, -0.15) is 0 Å². The van der Waals surface area contributed by atoms with Crippen LogP contribution in [0.15, 0.2) is 12.7 Å². The van der Waals surface area contributed by atoms with Crippen LogP contribution in [0.1, 0.15) is 19.8 Å². The predicted octanol–water partition coefficient (Wildman–Crippen LogP) is 1.02. The van der Waals surface area contributed by atoms with Crippen LogP contribution in [-0.4, -0.2) is 15.7 Å². The van der Waals surface area contributed by atoms with E-state index in [2.05, 4.69) is 13.5 Å². The van der Waals surface area contributed by atoms with E-state index in [4.69, 9.17) is 4.43 Å². The molecular weight excluding hydrogens is 144 g/mol. The van der Waals surface area contributed by atoms with Crippen LogP contribution in [0.5, 0.6) is 0 Å². The molecular formula is C7H14O2Si. The summed E-state index contributed by atoms with van der Waals surface area (Å²) >= 11 is 0. The second kappa shape index (κ2) is 6.55. The van der Waals surface area contributed by atoms with E-state index in [1.54, 1.807) is 0 Å². The normalized spacial score (nSPS) is 10.1. The van der Waals surface area contributed by atoms with Gasteiger partial charge in [0.25, 0.3) is 0 Å². The van der Waals surface area contributed by atoms with E-state index in [0.717, 1.165) is 6.04 Å². The Morgan fingerprint density at radius 3 is 3.00 bits per heavy atom. The smallest absolute Gasteiger partial charge is 0.316 e. The zero-order valence-electron chi connectivity index (χ0n) is 6.43. The van der Waals surface area contributed by atoms with Gasteiger partial charge in [-0.3, -0.25) is 0 Å². The molecule has 0 saturated carbocycles. The lowest BCUT2D eigenvalue weighted by atomic mass is 10.4. The van der Waals surface area contributed by atoms with Crippen LogP contribution in [0.2, 0.25) is 6.04 Å². The van der Waals surface area contributed by atoms with Crippen LogP contribution < -0.4 is 0 Å². The summed E-state index contributed by atoms with van der Waals surface area (Å²) < 4.78 is 4.88. The van der Waals surface area contributed by atoms with Crippen molar-refractivity contribution in [3.8, 4) is 0 Å². The molecule has 0 N–H and O–H groups in total. The van der Waals surface area contributed by atoms with Crippen LogP contribution in [0.25, 0.3) is 0 Å².